The normalized spacial score (nSPS) is 11.2. The molecule has 0 aliphatic rings. The Hall–Kier alpha value is -4.15. The lowest BCUT2D eigenvalue weighted by Gasteiger charge is -2.05. The molecule has 192 valence electrons. The highest BCUT2D eigenvalue weighted by atomic mass is 32.3. The number of para-hydroxylation sites is 2. The Morgan fingerprint density at radius 2 is 1.19 bits per heavy atom. The summed E-state index contributed by atoms with van der Waals surface area (Å²) in [5.41, 5.74) is 0.942. The Labute approximate surface area is 216 Å². The van der Waals surface area contributed by atoms with E-state index in [2.05, 4.69) is 10.2 Å². The molecule has 15 heteroatoms. The molecule has 4 rings (SSSR count). The van der Waals surface area contributed by atoms with Gasteiger partial charge in [0.05, 0.1) is 5.56 Å². The molecule has 0 saturated heterocycles. The van der Waals surface area contributed by atoms with E-state index in [0.29, 0.717) is 11.1 Å². The van der Waals surface area contributed by atoms with Crippen molar-refractivity contribution in [3.63, 3.8) is 0 Å². The Morgan fingerprint density at radius 1 is 0.703 bits per heavy atom. The molecule has 0 aliphatic carbocycles. The first kappa shape index (κ1) is 27.4. The number of aromatic carboxylic acids is 2. The van der Waals surface area contributed by atoms with Crippen molar-refractivity contribution in [1.82, 2.24) is 0 Å². The number of carboxylic acids is 2. The molecular weight excluding hydrogens is 548 g/mol. The molecule has 2 aromatic heterocycles. The molecule has 0 fully saturated rings. The molecule has 0 saturated carbocycles. The van der Waals surface area contributed by atoms with E-state index in [1.54, 1.807) is 41.8 Å². The van der Waals surface area contributed by atoms with Gasteiger partial charge in [0, 0.05) is 33.0 Å². The molecule has 37 heavy (non-hydrogen) atoms. The molecule has 12 nitrogen and oxygen atoms in total. The summed E-state index contributed by atoms with van der Waals surface area (Å²) in [6, 6.07) is 12.6. The second-order valence-electron chi connectivity index (χ2n) is 6.95. The van der Waals surface area contributed by atoms with E-state index in [1.165, 1.54) is 17.5 Å². The minimum atomic E-state index is -4.67. The summed E-state index contributed by atoms with van der Waals surface area (Å²) in [6.07, 6.45) is 0. The highest BCUT2D eigenvalue weighted by Crippen LogP contribution is 2.45. The predicted molar refractivity (Wildman–Crippen MR) is 135 cm³/mol. The zero-order valence-corrected chi connectivity index (χ0v) is 20.7. The number of phenols is 2. The van der Waals surface area contributed by atoms with Crippen LogP contribution < -0.4 is 0 Å². The van der Waals surface area contributed by atoms with E-state index in [0.717, 1.165) is 22.7 Å². The van der Waals surface area contributed by atoms with Crippen molar-refractivity contribution in [2.24, 2.45) is 10.2 Å². The van der Waals surface area contributed by atoms with Gasteiger partial charge in [-0.2, -0.15) is 8.42 Å². The van der Waals surface area contributed by atoms with Gasteiger partial charge in [-0.15, -0.1) is 32.9 Å². The molecule has 0 aliphatic heterocycles. The third kappa shape index (κ3) is 6.75. The van der Waals surface area contributed by atoms with E-state index < -0.39 is 22.3 Å². The average Bonchev–Trinajstić information content (AvgIpc) is 3.41. The van der Waals surface area contributed by atoms with Crippen LogP contribution >= 0.6 is 22.7 Å². The maximum absolute atomic E-state index is 11.9. The first-order valence-corrected chi connectivity index (χ1v) is 12.9. The monoisotopic (exact) mass is 564 g/mol. The number of hydrogen-bond acceptors (Lipinski definition) is 10. The van der Waals surface area contributed by atoms with E-state index in [4.69, 9.17) is 17.5 Å². The van der Waals surface area contributed by atoms with Crippen LogP contribution in [0.5, 0.6) is 11.5 Å². The van der Waals surface area contributed by atoms with Crippen LogP contribution in [0.2, 0.25) is 0 Å². The summed E-state index contributed by atoms with van der Waals surface area (Å²) >= 11 is 2.04. The Kier molecular flexibility index (Phi) is 8.36. The summed E-state index contributed by atoms with van der Waals surface area (Å²) in [7, 11) is -4.67. The topological polar surface area (TPSA) is 214 Å². The van der Waals surface area contributed by atoms with Crippen LogP contribution in [0, 0.1) is 0 Å². The van der Waals surface area contributed by atoms with Crippen LogP contribution in [-0.2, 0) is 10.4 Å². The Morgan fingerprint density at radius 3 is 1.70 bits per heavy atom. The third-order valence-electron chi connectivity index (χ3n) is 4.59. The lowest BCUT2D eigenvalue weighted by Crippen LogP contribution is -1.97. The van der Waals surface area contributed by atoms with Gasteiger partial charge in [0.15, 0.2) is 5.00 Å². The van der Waals surface area contributed by atoms with Gasteiger partial charge in [-0.1, -0.05) is 36.4 Å². The lowest BCUT2D eigenvalue weighted by atomic mass is 10.0. The van der Waals surface area contributed by atoms with Crippen LogP contribution in [0.4, 0.5) is 10.0 Å². The number of carboxylic acid groups (broad SMARTS) is 2. The molecule has 2 heterocycles. The average molecular weight is 565 g/mol. The molecule has 4 aromatic rings. The van der Waals surface area contributed by atoms with Gasteiger partial charge in [0.2, 0.25) is 0 Å². The number of benzene rings is 2. The van der Waals surface area contributed by atoms with Crippen molar-refractivity contribution in [2.75, 3.05) is 0 Å². The van der Waals surface area contributed by atoms with Crippen molar-refractivity contribution in [3.05, 3.63) is 70.4 Å². The molecule has 0 amide bonds. The van der Waals surface area contributed by atoms with Crippen molar-refractivity contribution < 1.29 is 47.5 Å². The van der Waals surface area contributed by atoms with Crippen LogP contribution in [0.25, 0.3) is 22.3 Å². The first-order valence-electron chi connectivity index (χ1n) is 9.76. The first-order chi connectivity index (χ1) is 17.4. The highest BCUT2D eigenvalue weighted by molar-refractivity contribution is 7.79. The van der Waals surface area contributed by atoms with Crippen molar-refractivity contribution in [2.45, 2.75) is 0 Å². The largest absolute Gasteiger partial charge is 0.507 e. The SMILES string of the molecule is O=C(O)c1csc(/N=N/c2scc(-c3ccccc3O)c2C(=O)O)c1-c1ccccc1O.O=S(=O)(O)O. The summed E-state index contributed by atoms with van der Waals surface area (Å²) in [5, 5.41) is 51.1. The molecule has 0 radical (unpaired) electrons. The molecule has 0 unspecified atom stereocenters. The highest BCUT2D eigenvalue weighted by Gasteiger charge is 2.23. The van der Waals surface area contributed by atoms with Crippen molar-refractivity contribution >= 4 is 55.0 Å². The zero-order chi connectivity index (χ0) is 27.3. The molecule has 0 atom stereocenters. The number of hydrogen-bond donors (Lipinski definition) is 6. The fraction of sp³-hybridized carbons (Fsp3) is 0. The van der Waals surface area contributed by atoms with Gasteiger partial charge in [-0.3, -0.25) is 9.11 Å². The fourth-order valence-electron chi connectivity index (χ4n) is 3.14. The number of rotatable bonds is 6. The standard InChI is InChI=1S/C22H14N2O6S2.H2O4S/c25-15-7-3-1-5-11(15)13-9-31-20(18(13)22(29)30)24-23-19-17(14(10-32-19)21(27)28)12-6-2-4-8-16(12)26;1-5(2,3)4/h1-10,25-26H,(H,27,28)(H,29,30);(H2,1,2,3,4)/b24-23+;. The van der Waals surface area contributed by atoms with E-state index in [1.807, 2.05) is 0 Å². The van der Waals surface area contributed by atoms with Gasteiger partial charge < -0.3 is 20.4 Å². The number of aromatic hydroxyl groups is 2. The number of carbonyl (C=O) groups is 2. The Bertz CT molecular complexity index is 1600. The summed E-state index contributed by atoms with van der Waals surface area (Å²) in [6.45, 7) is 0. The number of azo groups is 1. The van der Waals surface area contributed by atoms with Gasteiger partial charge in [-0.25, -0.2) is 9.59 Å². The van der Waals surface area contributed by atoms with Crippen LogP contribution in [0.1, 0.15) is 20.7 Å². The molecule has 2 aromatic carbocycles. The molecule has 0 bridgehead atoms. The number of phenolic OH excluding ortho intramolecular Hbond substituents is 2. The minimum Gasteiger partial charge on any atom is -0.507 e. The Balaban J connectivity index is 0.000000695. The van der Waals surface area contributed by atoms with Crippen LogP contribution in [-0.4, -0.2) is 49.9 Å². The van der Waals surface area contributed by atoms with Crippen molar-refractivity contribution in [1.29, 1.82) is 0 Å². The predicted octanol–water partition coefficient (Wildman–Crippen LogP) is 5.71. The molecule has 6 N–H and O–H groups in total. The molecule has 0 spiro atoms. The summed E-state index contributed by atoms with van der Waals surface area (Å²) in [5.74, 6) is -2.61. The summed E-state index contributed by atoms with van der Waals surface area (Å²) < 4.78 is 31.6. The van der Waals surface area contributed by atoms with Gasteiger partial charge >= 0.3 is 22.3 Å². The van der Waals surface area contributed by atoms with Crippen LogP contribution in [0.3, 0.4) is 0 Å². The maximum Gasteiger partial charge on any atom is 0.394 e. The quantitative estimate of drug-likeness (QED) is 0.124. The van der Waals surface area contributed by atoms with E-state index in [9.17, 15) is 30.0 Å². The smallest absolute Gasteiger partial charge is 0.394 e. The van der Waals surface area contributed by atoms with Gasteiger partial charge in [0.1, 0.15) is 22.1 Å². The number of nitrogens with zero attached hydrogens (tertiary/aromatic N) is 2. The van der Waals surface area contributed by atoms with Crippen LogP contribution in [0.15, 0.2) is 69.5 Å². The summed E-state index contributed by atoms with van der Waals surface area (Å²) in [4.78, 5) is 23.6. The lowest BCUT2D eigenvalue weighted by molar-refractivity contribution is 0.0688. The zero-order valence-electron chi connectivity index (χ0n) is 18.2. The second kappa shape index (κ2) is 11.3. The van der Waals surface area contributed by atoms with E-state index in [-0.39, 0.29) is 43.8 Å². The van der Waals surface area contributed by atoms with Crippen molar-refractivity contribution in [3.8, 4) is 33.8 Å². The second-order valence-corrected chi connectivity index (χ2v) is 9.56. The molecular formula is C22H16N2O10S3. The minimum absolute atomic E-state index is 0.0509. The fourth-order valence-corrected chi connectivity index (χ4v) is 4.89. The van der Waals surface area contributed by atoms with E-state index >= 15 is 0 Å². The number of thiophene rings is 2. The third-order valence-corrected chi connectivity index (χ3v) is 6.31. The van der Waals surface area contributed by atoms with Gasteiger partial charge in [-0.05, 0) is 12.1 Å². The maximum atomic E-state index is 11.9. The van der Waals surface area contributed by atoms with Gasteiger partial charge in [0.25, 0.3) is 0 Å².